The lowest BCUT2D eigenvalue weighted by atomic mass is 9.81. The van der Waals surface area contributed by atoms with E-state index in [9.17, 15) is 9.90 Å². The van der Waals surface area contributed by atoms with Crippen molar-refractivity contribution in [3.05, 3.63) is 0 Å². The van der Waals surface area contributed by atoms with E-state index in [2.05, 4.69) is 0 Å². The van der Waals surface area contributed by atoms with Crippen LogP contribution in [0.15, 0.2) is 0 Å². The Morgan fingerprint density at radius 2 is 2.05 bits per heavy atom. The molecule has 0 aliphatic carbocycles. The maximum absolute atomic E-state index is 11.8. The van der Waals surface area contributed by atoms with Crippen LogP contribution in [0, 0.1) is 11.8 Å². The van der Waals surface area contributed by atoms with Gasteiger partial charge in [0.05, 0.1) is 19.3 Å². The lowest BCUT2D eigenvalue weighted by Gasteiger charge is -2.40. The standard InChI is InChI=1S/C14H26NO5PS/c1-3-19-21(22,20-4-2)10-12-8-15-13(9-18-14(15)17)7-11(12)5-6-16/h11-13,16H,3-10H2,1-2H3/t11-,12?,13-/m0/s1. The molecule has 3 atom stereocenters. The molecular weight excluding hydrogens is 325 g/mol. The zero-order valence-electron chi connectivity index (χ0n) is 13.3. The van der Waals surface area contributed by atoms with E-state index in [4.69, 9.17) is 25.6 Å². The molecule has 0 bridgehead atoms. The molecular formula is C14H26NO5PS. The second-order valence-corrected chi connectivity index (χ2v) is 9.55. The number of carbonyl (C=O) groups excluding carboxylic acids is 1. The summed E-state index contributed by atoms with van der Waals surface area (Å²) in [7, 11) is 0. The van der Waals surface area contributed by atoms with E-state index in [1.54, 1.807) is 4.90 Å². The average Bonchev–Trinajstić information content (AvgIpc) is 2.81. The van der Waals surface area contributed by atoms with Gasteiger partial charge in [-0.3, -0.25) is 0 Å². The SMILES string of the molecule is CCOP(=S)(CC1CN2C(=O)OC[C@@H]2C[C@@H]1CCO)OCC. The van der Waals surface area contributed by atoms with Gasteiger partial charge in [0.25, 0.3) is 0 Å². The van der Waals surface area contributed by atoms with Crippen molar-refractivity contribution in [1.29, 1.82) is 0 Å². The maximum Gasteiger partial charge on any atom is 0.410 e. The Morgan fingerprint density at radius 3 is 2.64 bits per heavy atom. The number of hydrogen-bond acceptors (Lipinski definition) is 6. The highest BCUT2D eigenvalue weighted by atomic mass is 32.5. The van der Waals surface area contributed by atoms with Crippen molar-refractivity contribution in [3.63, 3.8) is 0 Å². The van der Waals surface area contributed by atoms with Gasteiger partial charge in [0.2, 0.25) is 0 Å². The van der Waals surface area contributed by atoms with E-state index < -0.39 is 6.49 Å². The van der Waals surface area contributed by atoms with Crippen LogP contribution in [0.4, 0.5) is 4.79 Å². The Hall–Kier alpha value is -0.200. The van der Waals surface area contributed by atoms with Crippen molar-refractivity contribution >= 4 is 24.4 Å². The number of aliphatic hydroxyl groups is 1. The molecule has 0 aromatic heterocycles. The molecule has 2 fully saturated rings. The summed E-state index contributed by atoms with van der Waals surface area (Å²) in [5.74, 6) is 0.516. The summed E-state index contributed by atoms with van der Waals surface area (Å²) in [6.07, 6.45) is 1.98. The molecule has 0 saturated carbocycles. The Labute approximate surface area is 137 Å². The van der Waals surface area contributed by atoms with Gasteiger partial charge in [-0.05, 0) is 50.3 Å². The van der Waals surface area contributed by atoms with E-state index in [-0.39, 0.29) is 24.7 Å². The molecule has 0 radical (unpaired) electrons. The topological polar surface area (TPSA) is 68.2 Å². The normalized spacial score (nSPS) is 28.6. The molecule has 2 aliphatic rings. The van der Waals surface area contributed by atoms with Crippen LogP contribution in [0.5, 0.6) is 0 Å². The number of fused-ring (bicyclic) bond motifs is 1. The first-order valence-electron chi connectivity index (χ1n) is 7.95. The molecule has 8 heteroatoms. The maximum atomic E-state index is 11.8. The molecule has 128 valence electrons. The van der Waals surface area contributed by atoms with Crippen LogP contribution >= 0.6 is 6.49 Å². The minimum atomic E-state index is -2.33. The van der Waals surface area contributed by atoms with E-state index in [0.29, 0.717) is 38.4 Å². The first kappa shape index (κ1) is 18.1. The molecule has 0 aromatic carbocycles. The van der Waals surface area contributed by atoms with E-state index in [1.165, 1.54) is 0 Å². The summed E-state index contributed by atoms with van der Waals surface area (Å²) < 4.78 is 16.6. The molecule has 1 N–H and O–H groups in total. The fourth-order valence-corrected chi connectivity index (χ4v) is 6.67. The van der Waals surface area contributed by atoms with Crippen LogP contribution in [0.25, 0.3) is 0 Å². The molecule has 1 unspecified atom stereocenters. The zero-order chi connectivity index (χ0) is 16.2. The number of rotatable bonds is 8. The number of nitrogens with zero attached hydrogens (tertiary/aromatic N) is 1. The summed E-state index contributed by atoms with van der Waals surface area (Å²) in [5.41, 5.74) is 0. The van der Waals surface area contributed by atoms with Crippen LogP contribution in [-0.2, 0) is 25.6 Å². The number of piperidine rings is 1. The van der Waals surface area contributed by atoms with Crippen molar-refractivity contribution in [1.82, 2.24) is 4.90 Å². The van der Waals surface area contributed by atoms with Gasteiger partial charge in [0, 0.05) is 19.3 Å². The average molecular weight is 351 g/mol. The van der Waals surface area contributed by atoms with Gasteiger partial charge >= 0.3 is 6.09 Å². The zero-order valence-corrected chi connectivity index (χ0v) is 15.0. The highest BCUT2D eigenvalue weighted by Gasteiger charge is 2.44. The molecule has 22 heavy (non-hydrogen) atoms. The van der Waals surface area contributed by atoms with Crippen molar-refractivity contribution in [3.8, 4) is 0 Å². The minimum absolute atomic E-state index is 0.136. The van der Waals surface area contributed by atoms with Crippen molar-refractivity contribution in [2.45, 2.75) is 32.7 Å². The number of amides is 1. The van der Waals surface area contributed by atoms with Gasteiger partial charge in [-0.1, -0.05) is 0 Å². The third-order valence-corrected chi connectivity index (χ3v) is 7.66. The van der Waals surface area contributed by atoms with Gasteiger partial charge in [0.15, 0.2) is 6.49 Å². The van der Waals surface area contributed by atoms with Gasteiger partial charge in [-0.2, -0.15) is 0 Å². The van der Waals surface area contributed by atoms with Crippen molar-refractivity contribution in [2.75, 3.05) is 39.1 Å². The number of hydrogen-bond donors (Lipinski definition) is 1. The van der Waals surface area contributed by atoms with Crippen molar-refractivity contribution < 1.29 is 23.7 Å². The van der Waals surface area contributed by atoms with Crippen LogP contribution in [0.2, 0.25) is 0 Å². The van der Waals surface area contributed by atoms with Crippen LogP contribution < -0.4 is 0 Å². The first-order chi connectivity index (χ1) is 10.5. The molecule has 1 amide bonds. The predicted octanol–water partition coefficient (Wildman–Crippen LogP) is 2.21. The summed E-state index contributed by atoms with van der Waals surface area (Å²) >= 11 is 5.64. The summed E-state index contributed by atoms with van der Waals surface area (Å²) in [6, 6.07) is 0.136. The number of cyclic esters (lactones) is 1. The quantitative estimate of drug-likeness (QED) is 0.676. The molecule has 2 rings (SSSR count). The largest absolute Gasteiger partial charge is 0.447 e. The summed E-state index contributed by atoms with van der Waals surface area (Å²) in [5, 5.41) is 9.34. The van der Waals surface area contributed by atoms with E-state index in [1.807, 2.05) is 13.8 Å². The Kier molecular flexibility index (Phi) is 6.65. The number of carbonyl (C=O) groups is 1. The van der Waals surface area contributed by atoms with E-state index >= 15 is 0 Å². The molecule has 2 heterocycles. The second-order valence-electron chi connectivity index (χ2n) is 5.78. The monoisotopic (exact) mass is 351 g/mol. The van der Waals surface area contributed by atoms with Gasteiger partial charge in [0.1, 0.15) is 6.61 Å². The highest BCUT2D eigenvalue weighted by molar-refractivity contribution is 8.09. The lowest BCUT2D eigenvalue weighted by molar-refractivity contribution is 0.100. The van der Waals surface area contributed by atoms with Gasteiger partial charge in [-0.15, -0.1) is 0 Å². The Balaban J connectivity index is 2.10. The predicted molar refractivity (Wildman–Crippen MR) is 87.5 cm³/mol. The van der Waals surface area contributed by atoms with Crippen LogP contribution in [-0.4, -0.2) is 61.3 Å². The highest BCUT2D eigenvalue weighted by Crippen LogP contribution is 2.52. The molecule has 6 nitrogen and oxygen atoms in total. The second kappa shape index (κ2) is 8.06. The number of aliphatic hydroxyl groups excluding tert-OH is 1. The van der Waals surface area contributed by atoms with Crippen LogP contribution in [0.1, 0.15) is 26.7 Å². The van der Waals surface area contributed by atoms with Crippen molar-refractivity contribution in [2.24, 2.45) is 11.8 Å². The fourth-order valence-electron chi connectivity index (χ4n) is 3.40. The first-order valence-corrected chi connectivity index (χ1v) is 10.8. The fraction of sp³-hybridized carbons (Fsp3) is 0.929. The molecule has 2 saturated heterocycles. The molecule has 2 aliphatic heterocycles. The minimum Gasteiger partial charge on any atom is -0.447 e. The van der Waals surface area contributed by atoms with Crippen LogP contribution in [0.3, 0.4) is 0 Å². The summed E-state index contributed by atoms with van der Waals surface area (Å²) in [6.45, 7) is 3.79. The Bertz CT molecular complexity index is 425. The summed E-state index contributed by atoms with van der Waals surface area (Å²) in [4.78, 5) is 13.6. The molecule has 0 spiro atoms. The van der Waals surface area contributed by atoms with Gasteiger partial charge in [-0.25, -0.2) is 4.79 Å². The van der Waals surface area contributed by atoms with E-state index in [0.717, 1.165) is 12.8 Å². The number of ether oxygens (including phenoxy) is 1. The lowest BCUT2D eigenvalue weighted by Crippen LogP contribution is -2.47. The molecule has 0 aromatic rings. The third-order valence-electron chi connectivity index (χ3n) is 4.36. The smallest absolute Gasteiger partial charge is 0.410 e. The van der Waals surface area contributed by atoms with Gasteiger partial charge < -0.3 is 23.8 Å². The third kappa shape index (κ3) is 4.20. The Morgan fingerprint density at radius 1 is 1.36 bits per heavy atom.